The maximum absolute atomic E-state index is 12.0. The van der Waals surface area contributed by atoms with Crippen LogP contribution in [0.3, 0.4) is 0 Å². The SMILES string of the molecule is CCc1ccc(-c2ccc(C(C)(C)N)c(=O)[nH]2)cc1. The van der Waals surface area contributed by atoms with Crippen molar-refractivity contribution in [2.45, 2.75) is 32.7 Å². The van der Waals surface area contributed by atoms with Gasteiger partial charge in [0.15, 0.2) is 0 Å². The van der Waals surface area contributed by atoms with Gasteiger partial charge in [-0.1, -0.05) is 31.2 Å². The molecular formula is C16H20N2O. The summed E-state index contributed by atoms with van der Waals surface area (Å²) in [5.41, 5.74) is 8.93. The first kappa shape index (κ1) is 13.6. The third-order valence-corrected chi connectivity index (χ3v) is 3.28. The van der Waals surface area contributed by atoms with Crippen LogP contribution in [-0.4, -0.2) is 4.98 Å². The molecule has 0 bridgehead atoms. The van der Waals surface area contributed by atoms with Gasteiger partial charge in [0.2, 0.25) is 0 Å². The molecule has 0 radical (unpaired) electrons. The molecule has 1 aromatic heterocycles. The minimum Gasteiger partial charge on any atom is -0.322 e. The lowest BCUT2D eigenvalue weighted by Gasteiger charge is -2.18. The number of benzene rings is 1. The molecule has 3 nitrogen and oxygen atoms in total. The lowest BCUT2D eigenvalue weighted by atomic mass is 9.96. The molecule has 0 aliphatic carbocycles. The van der Waals surface area contributed by atoms with E-state index in [1.165, 1.54) is 5.56 Å². The predicted octanol–water partition coefficient (Wildman–Crippen LogP) is 2.80. The van der Waals surface area contributed by atoms with Crippen molar-refractivity contribution in [2.75, 3.05) is 0 Å². The van der Waals surface area contributed by atoms with Crippen molar-refractivity contribution < 1.29 is 0 Å². The molecule has 19 heavy (non-hydrogen) atoms. The first-order chi connectivity index (χ1) is 8.91. The van der Waals surface area contributed by atoms with E-state index >= 15 is 0 Å². The largest absolute Gasteiger partial charge is 0.322 e. The quantitative estimate of drug-likeness (QED) is 0.887. The van der Waals surface area contributed by atoms with Crippen molar-refractivity contribution in [3.8, 4) is 11.3 Å². The standard InChI is InChI=1S/C16H20N2O/c1-4-11-5-7-12(8-6-11)14-10-9-13(15(19)18-14)16(2,3)17/h5-10H,4,17H2,1-3H3,(H,18,19). The molecule has 0 saturated carbocycles. The molecule has 0 amide bonds. The smallest absolute Gasteiger partial charge is 0.253 e. The summed E-state index contributed by atoms with van der Waals surface area (Å²) in [5.74, 6) is 0. The van der Waals surface area contributed by atoms with Gasteiger partial charge in [-0.25, -0.2) is 0 Å². The number of nitrogens with one attached hydrogen (secondary N) is 1. The van der Waals surface area contributed by atoms with Crippen LogP contribution in [0.2, 0.25) is 0 Å². The van der Waals surface area contributed by atoms with Crippen molar-refractivity contribution in [2.24, 2.45) is 5.73 Å². The summed E-state index contributed by atoms with van der Waals surface area (Å²) in [7, 11) is 0. The van der Waals surface area contributed by atoms with E-state index in [1.54, 1.807) is 0 Å². The van der Waals surface area contributed by atoms with Crippen molar-refractivity contribution in [3.63, 3.8) is 0 Å². The zero-order valence-corrected chi connectivity index (χ0v) is 11.7. The Morgan fingerprint density at radius 1 is 1.11 bits per heavy atom. The number of hydrogen-bond acceptors (Lipinski definition) is 2. The van der Waals surface area contributed by atoms with Gasteiger partial charge in [0.05, 0.1) is 0 Å². The van der Waals surface area contributed by atoms with Gasteiger partial charge in [-0.15, -0.1) is 0 Å². The fourth-order valence-corrected chi connectivity index (χ4v) is 2.07. The molecule has 2 aromatic rings. The Balaban J connectivity index is 2.41. The van der Waals surface area contributed by atoms with Crippen molar-refractivity contribution in [1.82, 2.24) is 4.98 Å². The average Bonchev–Trinajstić information content (AvgIpc) is 2.37. The van der Waals surface area contributed by atoms with Crippen LogP contribution in [0.4, 0.5) is 0 Å². The Hall–Kier alpha value is -1.87. The second-order valence-electron chi connectivity index (χ2n) is 5.39. The van der Waals surface area contributed by atoms with Crippen LogP contribution in [0.25, 0.3) is 11.3 Å². The van der Waals surface area contributed by atoms with E-state index in [0.717, 1.165) is 17.7 Å². The molecule has 0 saturated heterocycles. The van der Waals surface area contributed by atoms with Gasteiger partial charge < -0.3 is 10.7 Å². The zero-order chi connectivity index (χ0) is 14.0. The summed E-state index contributed by atoms with van der Waals surface area (Å²) in [6, 6.07) is 11.9. The first-order valence-corrected chi connectivity index (χ1v) is 6.54. The van der Waals surface area contributed by atoms with Gasteiger partial charge in [0.1, 0.15) is 0 Å². The van der Waals surface area contributed by atoms with Gasteiger partial charge >= 0.3 is 0 Å². The highest BCUT2D eigenvalue weighted by molar-refractivity contribution is 5.59. The third kappa shape index (κ3) is 2.93. The zero-order valence-electron chi connectivity index (χ0n) is 11.7. The van der Waals surface area contributed by atoms with Crippen LogP contribution in [0.15, 0.2) is 41.2 Å². The van der Waals surface area contributed by atoms with E-state index in [4.69, 9.17) is 5.73 Å². The van der Waals surface area contributed by atoms with Crippen LogP contribution >= 0.6 is 0 Å². The second kappa shape index (κ2) is 5.02. The number of rotatable bonds is 3. The van der Waals surface area contributed by atoms with E-state index in [2.05, 4.69) is 24.0 Å². The van der Waals surface area contributed by atoms with Gasteiger partial charge in [-0.05, 0) is 43.5 Å². The molecule has 3 heteroatoms. The molecule has 1 heterocycles. The summed E-state index contributed by atoms with van der Waals surface area (Å²) >= 11 is 0. The maximum Gasteiger partial charge on any atom is 0.253 e. The predicted molar refractivity (Wildman–Crippen MR) is 79.1 cm³/mol. The Morgan fingerprint density at radius 2 is 1.74 bits per heavy atom. The normalized spacial score (nSPS) is 11.6. The summed E-state index contributed by atoms with van der Waals surface area (Å²) in [6.45, 7) is 5.77. The second-order valence-corrected chi connectivity index (χ2v) is 5.39. The Labute approximate surface area is 113 Å². The third-order valence-electron chi connectivity index (χ3n) is 3.28. The molecule has 100 valence electrons. The summed E-state index contributed by atoms with van der Waals surface area (Å²) in [4.78, 5) is 14.9. The molecule has 0 fully saturated rings. The number of H-pyrrole nitrogens is 1. The molecule has 2 rings (SSSR count). The van der Waals surface area contributed by atoms with Crippen LogP contribution in [0.5, 0.6) is 0 Å². The summed E-state index contributed by atoms with van der Waals surface area (Å²) < 4.78 is 0. The number of aromatic nitrogens is 1. The average molecular weight is 256 g/mol. The fourth-order valence-electron chi connectivity index (χ4n) is 2.07. The van der Waals surface area contributed by atoms with E-state index in [0.29, 0.717) is 5.56 Å². The van der Waals surface area contributed by atoms with Crippen molar-refractivity contribution in [1.29, 1.82) is 0 Å². The minimum absolute atomic E-state index is 0.121. The maximum atomic E-state index is 12.0. The highest BCUT2D eigenvalue weighted by atomic mass is 16.1. The van der Waals surface area contributed by atoms with Crippen LogP contribution in [-0.2, 0) is 12.0 Å². The molecule has 0 atom stereocenters. The van der Waals surface area contributed by atoms with Crippen LogP contribution in [0, 0.1) is 0 Å². The Morgan fingerprint density at radius 3 is 2.21 bits per heavy atom. The number of aromatic amines is 1. The van der Waals surface area contributed by atoms with Crippen LogP contribution in [0.1, 0.15) is 31.9 Å². The van der Waals surface area contributed by atoms with Gasteiger partial charge in [-0.2, -0.15) is 0 Å². The first-order valence-electron chi connectivity index (χ1n) is 6.54. The molecule has 0 spiro atoms. The lowest BCUT2D eigenvalue weighted by molar-refractivity contribution is 0.547. The summed E-state index contributed by atoms with van der Waals surface area (Å²) in [5, 5.41) is 0. The molecule has 0 aliphatic rings. The fraction of sp³-hybridized carbons (Fsp3) is 0.312. The van der Waals surface area contributed by atoms with Crippen LogP contribution < -0.4 is 11.3 Å². The number of aryl methyl sites for hydroxylation is 1. The highest BCUT2D eigenvalue weighted by Gasteiger charge is 2.18. The Bertz CT molecular complexity index is 618. The van der Waals surface area contributed by atoms with E-state index in [9.17, 15) is 4.79 Å². The minimum atomic E-state index is -0.627. The Kier molecular flexibility index (Phi) is 3.58. The molecule has 3 N–H and O–H groups in total. The van der Waals surface area contributed by atoms with E-state index < -0.39 is 5.54 Å². The van der Waals surface area contributed by atoms with E-state index in [-0.39, 0.29) is 5.56 Å². The molecular weight excluding hydrogens is 236 g/mol. The topological polar surface area (TPSA) is 58.9 Å². The van der Waals surface area contributed by atoms with E-state index in [1.807, 2.05) is 38.1 Å². The van der Waals surface area contributed by atoms with Gasteiger partial charge in [0.25, 0.3) is 5.56 Å². The number of pyridine rings is 1. The molecule has 0 unspecified atom stereocenters. The molecule has 0 aliphatic heterocycles. The van der Waals surface area contributed by atoms with Crippen molar-refractivity contribution >= 4 is 0 Å². The summed E-state index contributed by atoms with van der Waals surface area (Å²) in [6.07, 6.45) is 1.01. The molecule has 1 aromatic carbocycles. The monoisotopic (exact) mass is 256 g/mol. The van der Waals surface area contributed by atoms with Gasteiger partial charge in [0, 0.05) is 16.8 Å². The number of nitrogens with two attached hydrogens (primary N) is 1. The highest BCUT2D eigenvalue weighted by Crippen LogP contribution is 2.19. The lowest BCUT2D eigenvalue weighted by Crippen LogP contribution is -2.35. The van der Waals surface area contributed by atoms with Crippen molar-refractivity contribution in [3.05, 3.63) is 57.9 Å². The van der Waals surface area contributed by atoms with Gasteiger partial charge in [-0.3, -0.25) is 4.79 Å². The number of hydrogen-bond donors (Lipinski definition) is 2.